The average molecular weight is 218 g/mol. The van der Waals surface area contributed by atoms with Gasteiger partial charge in [0.25, 0.3) is 5.91 Å². The summed E-state index contributed by atoms with van der Waals surface area (Å²) in [4.78, 5) is 16.3. The van der Waals surface area contributed by atoms with E-state index in [-0.39, 0.29) is 11.6 Å². The maximum absolute atomic E-state index is 11.6. The first-order valence-corrected chi connectivity index (χ1v) is 4.53. The highest BCUT2D eigenvalue weighted by Crippen LogP contribution is 2.15. The van der Waals surface area contributed by atoms with Crippen LogP contribution in [0.2, 0.25) is 5.02 Å². The second-order valence-electron chi connectivity index (χ2n) is 2.67. The molecule has 0 saturated carbocycles. The molecule has 0 radical (unpaired) electrons. The minimum absolute atomic E-state index is 0.206. The fraction of sp³-hybridized carbons (Fsp3) is 0.500. The number of hydrogen-bond donors (Lipinski definition) is 0. The lowest BCUT2D eigenvalue weighted by Gasteiger charge is -2.11. The number of hydrogen-bond acceptors (Lipinski definition) is 3. The van der Waals surface area contributed by atoms with Gasteiger partial charge in [-0.25, -0.2) is 5.06 Å². The monoisotopic (exact) mass is 217 g/mol. The number of aromatic nitrogens is 2. The van der Waals surface area contributed by atoms with Crippen molar-refractivity contribution in [2.45, 2.75) is 13.5 Å². The molecule has 0 saturated heterocycles. The SMILES string of the molecule is CCn1cc(Cl)c(C(=O)N(C)OC)n1. The third-order valence-corrected chi connectivity index (χ3v) is 2.08. The van der Waals surface area contributed by atoms with Crippen molar-refractivity contribution in [2.24, 2.45) is 0 Å². The van der Waals surface area contributed by atoms with Crippen LogP contribution in [0.3, 0.4) is 0 Å². The van der Waals surface area contributed by atoms with Crippen LogP contribution in [-0.2, 0) is 11.4 Å². The second-order valence-corrected chi connectivity index (χ2v) is 3.07. The number of carbonyl (C=O) groups excluding carboxylic acids is 1. The van der Waals surface area contributed by atoms with E-state index in [0.29, 0.717) is 11.6 Å². The van der Waals surface area contributed by atoms with E-state index in [1.165, 1.54) is 14.2 Å². The van der Waals surface area contributed by atoms with Gasteiger partial charge in [0.15, 0.2) is 5.69 Å². The summed E-state index contributed by atoms with van der Waals surface area (Å²) in [5.41, 5.74) is 0.206. The summed E-state index contributed by atoms with van der Waals surface area (Å²) < 4.78 is 1.60. The van der Waals surface area contributed by atoms with Gasteiger partial charge in [-0.15, -0.1) is 0 Å². The highest BCUT2D eigenvalue weighted by molar-refractivity contribution is 6.33. The lowest BCUT2D eigenvalue weighted by Crippen LogP contribution is -2.26. The van der Waals surface area contributed by atoms with Crippen molar-refractivity contribution >= 4 is 17.5 Å². The molecule has 5 nitrogen and oxygen atoms in total. The molecule has 0 N–H and O–H groups in total. The van der Waals surface area contributed by atoms with Gasteiger partial charge >= 0.3 is 0 Å². The van der Waals surface area contributed by atoms with Gasteiger partial charge in [-0.2, -0.15) is 5.10 Å². The topological polar surface area (TPSA) is 47.4 Å². The highest BCUT2D eigenvalue weighted by Gasteiger charge is 2.18. The number of rotatable bonds is 3. The number of aryl methyl sites for hydroxylation is 1. The zero-order valence-corrected chi connectivity index (χ0v) is 9.08. The van der Waals surface area contributed by atoms with E-state index in [1.54, 1.807) is 10.9 Å². The lowest BCUT2D eigenvalue weighted by atomic mass is 10.4. The molecule has 0 aliphatic rings. The number of halogens is 1. The minimum atomic E-state index is -0.357. The van der Waals surface area contributed by atoms with Crippen LogP contribution in [-0.4, -0.2) is 34.9 Å². The molecule has 0 fully saturated rings. The van der Waals surface area contributed by atoms with E-state index in [1.807, 2.05) is 6.92 Å². The molecule has 1 amide bonds. The van der Waals surface area contributed by atoms with E-state index >= 15 is 0 Å². The Morgan fingerprint density at radius 3 is 2.86 bits per heavy atom. The van der Waals surface area contributed by atoms with Crippen molar-refractivity contribution in [2.75, 3.05) is 14.2 Å². The Morgan fingerprint density at radius 2 is 2.43 bits per heavy atom. The number of carbonyl (C=O) groups is 1. The summed E-state index contributed by atoms with van der Waals surface area (Å²) in [6.45, 7) is 2.58. The molecule has 0 aliphatic carbocycles. The first kappa shape index (κ1) is 11.0. The average Bonchev–Trinajstić information content (AvgIpc) is 2.57. The van der Waals surface area contributed by atoms with Crippen molar-refractivity contribution in [3.05, 3.63) is 16.9 Å². The molecule has 0 bridgehead atoms. The number of hydroxylamine groups is 2. The molecular formula is C8H12ClN3O2. The fourth-order valence-corrected chi connectivity index (χ4v) is 1.17. The van der Waals surface area contributed by atoms with E-state index in [4.69, 9.17) is 16.4 Å². The summed E-state index contributed by atoms with van der Waals surface area (Å²) in [5, 5.41) is 5.42. The molecule has 1 aromatic heterocycles. The quantitative estimate of drug-likeness (QED) is 0.715. The Balaban J connectivity index is 2.94. The molecule has 14 heavy (non-hydrogen) atoms. The lowest BCUT2D eigenvalue weighted by molar-refractivity contribution is -0.0760. The first-order chi connectivity index (χ1) is 6.60. The Morgan fingerprint density at radius 1 is 1.79 bits per heavy atom. The fourth-order valence-electron chi connectivity index (χ4n) is 0.936. The van der Waals surface area contributed by atoms with Gasteiger partial charge in [-0.3, -0.25) is 14.3 Å². The maximum atomic E-state index is 11.6. The summed E-state index contributed by atoms with van der Waals surface area (Å²) in [6.07, 6.45) is 1.61. The Kier molecular flexibility index (Phi) is 3.49. The molecule has 1 rings (SSSR count). The van der Waals surface area contributed by atoms with Crippen LogP contribution in [0.15, 0.2) is 6.20 Å². The summed E-state index contributed by atoms with van der Waals surface area (Å²) in [5.74, 6) is -0.357. The second kappa shape index (κ2) is 4.43. The van der Waals surface area contributed by atoms with Crippen LogP contribution in [0.1, 0.15) is 17.4 Å². The molecule has 1 heterocycles. The summed E-state index contributed by atoms with van der Waals surface area (Å²) in [6, 6.07) is 0. The van der Waals surface area contributed by atoms with Crippen LogP contribution in [0.5, 0.6) is 0 Å². The molecule has 0 aliphatic heterocycles. The predicted molar refractivity (Wildman–Crippen MR) is 52.0 cm³/mol. The van der Waals surface area contributed by atoms with Gasteiger partial charge < -0.3 is 0 Å². The van der Waals surface area contributed by atoms with Gasteiger partial charge in [0.05, 0.1) is 12.1 Å². The van der Waals surface area contributed by atoms with Crippen LogP contribution in [0.4, 0.5) is 0 Å². The molecule has 1 aromatic rings. The van der Waals surface area contributed by atoms with Crippen molar-refractivity contribution < 1.29 is 9.63 Å². The highest BCUT2D eigenvalue weighted by atomic mass is 35.5. The molecule has 0 spiro atoms. The van der Waals surface area contributed by atoms with E-state index in [9.17, 15) is 4.79 Å². The van der Waals surface area contributed by atoms with Gasteiger partial charge in [0.1, 0.15) is 0 Å². The van der Waals surface area contributed by atoms with Crippen molar-refractivity contribution in [1.82, 2.24) is 14.8 Å². The third kappa shape index (κ3) is 2.05. The molecule has 78 valence electrons. The van der Waals surface area contributed by atoms with Crippen LogP contribution >= 0.6 is 11.6 Å². The standard InChI is InChI=1S/C8H12ClN3O2/c1-4-12-5-6(9)7(10-12)8(13)11(2)14-3/h5H,4H2,1-3H3. The minimum Gasteiger partial charge on any atom is -0.274 e. The van der Waals surface area contributed by atoms with E-state index < -0.39 is 0 Å². The normalized spacial score (nSPS) is 10.3. The molecule has 0 aromatic carbocycles. The largest absolute Gasteiger partial charge is 0.299 e. The maximum Gasteiger partial charge on any atom is 0.299 e. The molecular weight excluding hydrogens is 206 g/mol. The number of amides is 1. The van der Waals surface area contributed by atoms with Crippen molar-refractivity contribution in [3.8, 4) is 0 Å². The Labute approximate surface area is 87.2 Å². The van der Waals surface area contributed by atoms with Crippen molar-refractivity contribution in [3.63, 3.8) is 0 Å². The van der Waals surface area contributed by atoms with E-state index in [2.05, 4.69) is 5.10 Å². The van der Waals surface area contributed by atoms with Crippen LogP contribution < -0.4 is 0 Å². The third-order valence-electron chi connectivity index (χ3n) is 1.80. The van der Waals surface area contributed by atoms with Gasteiger partial charge in [-0.05, 0) is 6.92 Å². The summed E-state index contributed by atoms with van der Waals surface area (Å²) >= 11 is 5.83. The smallest absolute Gasteiger partial charge is 0.274 e. The predicted octanol–water partition coefficient (Wildman–Crippen LogP) is 1.19. The zero-order chi connectivity index (χ0) is 10.7. The zero-order valence-electron chi connectivity index (χ0n) is 8.32. The summed E-state index contributed by atoms with van der Waals surface area (Å²) in [7, 11) is 2.91. The molecule has 0 atom stereocenters. The van der Waals surface area contributed by atoms with E-state index in [0.717, 1.165) is 5.06 Å². The Bertz CT molecular complexity index is 337. The van der Waals surface area contributed by atoms with Gasteiger partial charge in [0.2, 0.25) is 0 Å². The molecule has 6 heteroatoms. The van der Waals surface area contributed by atoms with Crippen LogP contribution in [0, 0.1) is 0 Å². The van der Waals surface area contributed by atoms with Gasteiger partial charge in [-0.1, -0.05) is 11.6 Å². The van der Waals surface area contributed by atoms with Crippen LogP contribution in [0.25, 0.3) is 0 Å². The first-order valence-electron chi connectivity index (χ1n) is 4.15. The van der Waals surface area contributed by atoms with Crippen molar-refractivity contribution in [1.29, 1.82) is 0 Å². The molecule has 0 unspecified atom stereocenters. The Hall–Kier alpha value is -1.07. The van der Waals surface area contributed by atoms with Gasteiger partial charge in [0, 0.05) is 19.8 Å². The number of nitrogens with zero attached hydrogens (tertiary/aromatic N) is 3.